The highest BCUT2D eigenvalue weighted by molar-refractivity contribution is 5.93. The van der Waals surface area contributed by atoms with E-state index in [2.05, 4.69) is 26.9 Å². The quantitative estimate of drug-likeness (QED) is 0.242. The van der Waals surface area contributed by atoms with Gasteiger partial charge in [0.25, 0.3) is 5.91 Å². The number of aromatic nitrogens is 6. The lowest BCUT2D eigenvalue weighted by Gasteiger charge is -2.42. The highest BCUT2D eigenvalue weighted by Crippen LogP contribution is 2.30. The normalized spacial score (nSPS) is 16.0. The molecule has 1 aliphatic heterocycles. The van der Waals surface area contributed by atoms with Crippen LogP contribution in [0, 0.1) is 0 Å². The van der Waals surface area contributed by atoms with Crippen LogP contribution in [0.2, 0.25) is 0 Å². The van der Waals surface area contributed by atoms with Crippen molar-refractivity contribution >= 4 is 34.2 Å². The van der Waals surface area contributed by atoms with Crippen molar-refractivity contribution in [1.29, 1.82) is 0 Å². The Balaban J connectivity index is 1.18. The van der Waals surface area contributed by atoms with E-state index in [1.54, 1.807) is 36.4 Å². The van der Waals surface area contributed by atoms with Gasteiger partial charge in [0, 0.05) is 38.5 Å². The van der Waals surface area contributed by atoms with Gasteiger partial charge in [-0.15, -0.1) is 5.10 Å². The van der Waals surface area contributed by atoms with Crippen molar-refractivity contribution < 1.29 is 18.7 Å². The molecular weight excluding hydrogens is 574 g/mol. The lowest BCUT2D eigenvalue weighted by atomic mass is 10.0. The number of hydrogen-bond acceptors (Lipinski definition) is 10. The van der Waals surface area contributed by atoms with Crippen molar-refractivity contribution in [3.05, 3.63) is 84.8 Å². The highest BCUT2D eigenvalue weighted by Gasteiger charge is 2.35. The molecule has 13 heteroatoms. The number of nitrogens with zero attached hydrogens (tertiary/aromatic N) is 8. The summed E-state index contributed by atoms with van der Waals surface area (Å²) in [5.74, 6) is 1.74. The molecule has 13 nitrogen and oxygen atoms in total. The van der Waals surface area contributed by atoms with Crippen LogP contribution in [-0.2, 0) is 9.53 Å². The SMILES string of the molecule is COCCOc1ccc(N2CCN(C(=O)C(c3ccccc3)n3ncc4c3nc(N)n3nc(-c5ccco5)nc43)C(C)C2)cc1. The van der Waals surface area contributed by atoms with E-state index in [0.717, 1.165) is 17.0 Å². The van der Waals surface area contributed by atoms with E-state index in [9.17, 15) is 4.79 Å². The maximum Gasteiger partial charge on any atom is 0.252 e. The van der Waals surface area contributed by atoms with Crippen molar-refractivity contribution in [1.82, 2.24) is 34.3 Å². The molecule has 1 saturated heterocycles. The van der Waals surface area contributed by atoms with Crippen LogP contribution in [0.25, 0.3) is 28.3 Å². The second-order valence-electron chi connectivity index (χ2n) is 10.9. The minimum absolute atomic E-state index is 0.0611. The van der Waals surface area contributed by atoms with Crippen LogP contribution in [-0.4, -0.2) is 86.2 Å². The van der Waals surface area contributed by atoms with Gasteiger partial charge in [-0.1, -0.05) is 30.3 Å². The van der Waals surface area contributed by atoms with Gasteiger partial charge >= 0.3 is 0 Å². The second-order valence-corrected chi connectivity index (χ2v) is 10.9. The summed E-state index contributed by atoms with van der Waals surface area (Å²) in [6.07, 6.45) is 3.22. The number of carbonyl (C=O) groups excluding carboxylic acids is 1. The molecule has 1 amide bonds. The Labute approximate surface area is 258 Å². The Morgan fingerprint density at radius 3 is 2.58 bits per heavy atom. The zero-order valence-corrected chi connectivity index (χ0v) is 25.0. The first-order chi connectivity index (χ1) is 22.0. The van der Waals surface area contributed by atoms with E-state index in [-0.39, 0.29) is 17.9 Å². The number of hydrogen-bond donors (Lipinski definition) is 1. The maximum atomic E-state index is 14.5. The fraction of sp³-hybridized carbons (Fsp3) is 0.281. The van der Waals surface area contributed by atoms with Crippen molar-refractivity contribution in [2.45, 2.75) is 19.0 Å². The molecule has 4 aromatic heterocycles. The van der Waals surface area contributed by atoms with Gasteiger partial charge in [0.1, 0.15) is 12.4 Å². The molecule has 7 rings (SSSR count). The minimum atomic E-state index is -0.761. The number of ether oxygens (including phenoxy) is 2. The Morgan fingerprint density at radius 1 is 1.02 bits per heavy atom. The third-order valence-electron chi connectivity index (χ3n) is 8.06. The zero-order valence-electron chi connectivity index (χ0n) is 25.0. The van der Waals surface area contributed by atoms with Gasteiger partial charge in [0.2, 0.25) is 11.8 Å². The van der Waals surface area contributed by atoms with Crippen LogP contribution < -0.4 is 15.4 Å². The van der Waals surface area contributed by atoms with Gasteiger partial charge in [0.15, 0.2) is 23.1 Å². The molecule has 1 fully saturated rings. The van der Waals surface area contributed by atoms with E-state index in [0.29, 0.717) is 61.1 Å². The number of fused-ring (bicyclic) bond motifs is 3. The van der Waals surface area contributed by atoms with E-state index in [1.165, 1.54) is 4.52 Å². The molecule has 45 heavy (non-hydrogen) atoms. The molecule has 2 N–H and O–H groups in total. The molecular formula is C32H33N9O4. The number of benzene rings is 2. The van der Waals surface area contributed by atoms with Gasteiger partial charge in [-0.05, 0) is 48.9 Å². The first kappa shape index (κ1) is 28.3. The van der Waals surface area contributed by atoms with Gasteiger partial charge < -0.3 is 29.4 Å². The fourth-order valence-electron chi connectivity index (χ4n) is 5.82. The summed E-state index contributed by atoms with van der Waals surface area (Å²) in [7, 11) is 1.65. The zero-order chi connectivity index (χ0) is 30.9. The van der Waals surface area contributed by atoms with Crippen LogP contribution in [0.15, 0.2) is 83.6 Å². The molecule has 0 radical (unpaired) electrons. The topological polar surface area (TPSA) is 142 Å². The molecule has 0 aliphatic carbocycles. The molecule has 2 aromatic carbocycles. The number of anilines is 2. The summed E-state index contributed by atoms with van der Waals surface area (Å²) in [6, 6.07) is 20.4. The molecule has 5 heterocycles. The van der Waals surface area contributed by atoms with Crippen molar-refractivity contribution in [2.75, 3.05) is 50.6 Å². The van der Waals surface area contributed by atoms with Crippen LogP contribution >= 0.6 is 0 Å². The molecule has 6 aromatic rings. The summed E-state index contributed by atoms with van der Waals surface area (Å²) in [4.78, 5) is 28.0. The summed E-state index contributed by atoms with van der Waals surface area (Å²) < 4.78 is 19.4. The van der Waals surface area contributed by atoms with E-state index in [1.807, 2.05) is 59.5 Å². The second kappa shape index (κ2) is 11.9. The van der Waals surface area contributed by atoms with Gasteiger partial charge in [0.05, 0.1) is 24.5 Å². The number of rotatable bonds is 9. The number of furan rings is 1. The third kappa shape index (κ3) is 5.31. The number of nitrogen functional groups attached to an aromatic ring is 1. The standard InChI is InChI=1S/C32H33N9O4/c1-21-20-38(23-10-12-24(13-11-23)44-18-17-43-2)14-15-39(21)31(42)27(22-7-4-3-5-8-22)40-30-25(19-34-40)29-35-28(26-9-6-16-45-26)37-41(29)32(33)36-30/h3-13,16,19,21,27H,14-15,17-18,20H2,1-2H3,(H2,33,36). The molecule has 2 atom stereocenters. The molecule has 1 aliphatic rings. The fourth-order valence-corrected chi connectivity index (χ4v) is 5.82. The Bertz CT molecular complexity index is 1920. The smallest absolute Gasteiger partial charge is 0.252 e. The van der Waals surface area contributed by atoms with E-state index in [4.69, 9.17) is 24.7 Å². The molecule has 0 bridgehead atoms. The lowest BCUT2D eigenvalue weighted by Crippen LogP contribution is -2.55. The first-order valence-corrected chi connectivity index (χ1v) is 14.8. The predicted molar refractivity (Wildman–Crippen MR) is 168 cm³/mol. The maximum absolute atomic E-state index is 14.5. The third-order valence-corrected chi connectivity index (χ3v) is 8.06. The van der Waals surface area contributed by atoms with Crippen LogP contribution in [0.3, 0.4) is 0 Å². The molecule has 0 spiro atoms. The predicted octanol–water partition coefficient (Wildman–Crippen LogP) is 3.67. The largest absolute Gasteiger partial charge is 0.491 e. The Kier molecular flexibility index (Phi) is 7.51. The highest BCUT2D eigenvalue weighted by atomic mass is 16.5. The monoisotopic (exact) mass is 607 g/mol. The number of amides is 1. The average molecular weight is 608 g/mol. The summed E-state index contributed by atoms with van der Waals surface area (Å²) in [5.41, 5.74) is 9.17. The van der Waals surface area contributed by atoms with Crippen molar-refractivity contribution in [3.63, 3.8) is 0 Å². The van der Waals surface area contributed by atoms with Crippen LogP contribution in [0.5, 0.6) is 5.75 Å². The van der Waals surface area contributed by atoms with Gasteiger partial charge in [-0.25, -0.2) is 9.67 Å². The summed E-state index contributed by atoms with van der Waals surface area (Å²) >= 11 is 0. The van der Waals surface area contributed by atoms with Crippen LogP contribution in [0.4, 0.5) is 11.6 Å². The number of nitrogens with two attached hydrogens (primary N) is 1. The number of piperazine rings is 1. The molecule has 230 valence electrons. The van der Waals surface area contributed by atoms with Crippen LogP contribution in [0.1, 0.15) is 18.5 Å². The van der Waals surface area contributed by atoms with E-state index >= 15 is 0 Å². The summed E-state index contributed by atoms with van der Waals surface area (Å²) in [5, 5.41) is 9.80. The number of carbonyl (C=O) groups is 1. The molecule has 2 unspecified atom stereocenters. The van der Waals surface area contributed by atoms with E-state index < -0.39 is 6.04 Å². The van der Waals surface area contributed by atoms with Crippen molar-refractivity contribution in [3.8, 4) is 17.3 Å². The summed E-state index contributed by atoms with van der Waals surface area (Å²) in [6.45, 7) is 5.02. The first-order valence-electron chi connectivity index (χ1n) is 14.8. The Hall–Kier alpha value is -5.43. The average Bonchev–Trinajstić information content (AvgIpc) is 3.83. The minimum Gasteiger partial charge on any atom is -0.491 e. The van der Waals surface area contributed by atoms with Gasteiger partial charge in [-0.2, -0.15) is 14.6 Å². The molecule has 0 saturated carbocycles. The van der Waals surface area contributed by atoms with Crippen molar-refractivity contribution in [2.24, 2.45) is 0 Å². The lowest BCUT2D eigenvalue weighted by molar-refractivity contribution is -0.136. The van der Waals surface area contributed by atoms with Gasteiger partial charge in [-0.3, -0.25) is 4.79 Å². The number of methoxy groups -OCH3 is 1. The Morgan fingerprint density at radius 2 is 1.84 bits per heavy atom.